The largest absolute Gasteiger partial charge is 0.347 e. The highest BCUT2D eigenvalue weighted by Gasteiger charge is 2.07. The number of hydrogen-bond acceptors (Lipinski definition) is 3. The first-order valence-corrected chi connectivity index (χ1v) is 9.02. The van der Waals surface area contributed by atoms with Crippen LogP contribution in [0.2, 0.25) is 0 Å². The van der Waals surface area contributed by atoms with Crippen LogP contribution < -0.4 is 10.6 Å². The minimum Gasteiger partial charge on any atom is -0.347 e. The molecule has 24 heavy (non-hydrogen) atoms. The van der Waals surface area contributed by atoms with Gasteiger partial charge < -0.3 is 10.6 Å². The smallest absolute Gasteiger partial charge is 0.243 e. The van der Waals surface area contributed by atoms with Crippen molar-refractivity contribution in [3.63, 3.8) is 0 Å². The van der Waals surface area contributed by atoms with Crippen molar-refractivity contribution in [2.75, 3.05) is 17.6 Å². The Morgan fingerprint density at radius 1 is 1.04 bits per heavy atom. The van der Waals surface area contributed by atoms with Crippen molar-refractivity contribution in [3.05, 3.63) is 58.8 Å². The summed E-state index contributed by atoms with van der Waals surface area (Å²) in [5, 5.41) is 5.29. The van der Waals surface area contributed by atoms with Gasteiger partial charge in [0, 0.05) is 21.5 Å². The summed E-state index contributed by atoms with van der Waals surface area (Å²) < 4.78 is 13.6. The van der Waals surface area contributed by atoms with Gasteiger partial charge in [-0.1, -0.05) is 12.1 Å². The summed E-state index contributed by atoms with van der Waals surface area (Å²) in [6.45, 7) is -0.0820. The van der Waals surface area contributed by atoms with Gasteiger partial charge >= 0.3 is 0 Å². The Morgan fingerprint density at radius 3 is 2.46 bits per heavy atom. The maximum Gasteiger partial charge on any atom is 0.243 e. The molecule has 126 valence electrons. The lowest BCUT2D eigenvalue weighted by Gasteiger charge is -2.08. The van der Waals surface area contributed by atoms with Crippen LogP contribution in [0.15, 0.2) is 57.9 Å². The van der Waals surface area contributed by atoms with Crippen molar-refractivity contribution >= 4 is 45.2 Å². The van der Waals surface area contributed by atoms with E-state index in [1.165, 1.54) is 23.9 Å². The van der Waals surface area contributed by atoms with E-state index in [2.05, 4.69) is 26.6 Å². The molecule has 0 aliphatic carbocycles. The fourth-order valence-corrected chi connectivity index (χ4v) is 3.05. The monoisotopic (exact) mass is 410 g/mol. The summed E-state index contributed by atoms with van der Waals surface area (Å²) >= 11 is 4.80. The van der Waals surface area contributed by atoms with Crippen molar-refractivity contribution in [2.24, 2.45) is 0 Å². The summed E-state index contributed by atoms with van der Waals surface area (Å²) in [6, 6.07) is 13.4. The number of carbonyl (C=O) groups is 2. The first kappa shape index (κ1) is 18.5. The van der Waals surface area contributed by atoms with Gasteiger partial charge in [-0.2, -0.15) is 0 Å². The highest BCUT2D eigenvalue weighted by atomic mass is 79.9. The minimum atomic E-state index is -0.290. The van der Waals surface area contributed by atoms with E-state index in [1.807, 2.05) is 18.2 Å². The number of anilines is 1. The lowest BCUT2D eigenvalue weighted by Crippen LogP contribution is -2.33. The molecule has 0 bridgehead atoms. The van der Waals surface area contributed by atoms with Crippen LogP contribution in [0.5, 0.6) is 0 Å². The third-order valence-electron chi connectivity index (χ3n) is 3.01. The molecule has 0 aromatic heterocycles. The lowest BCUT2D eigenvalue weighted by molar-refractivity contribution is -0.123. The van der Waals surface area contributed by atoms with Gasteiger partial charge in [-0.15, -0.1) is 11.8 Å². The molecule has 0 saturated carbocycles. The number of thioether (sulfide) groups is 1. The fourth-order valence-electron chi connectivity index (χ4n) is 1.82. The van der Waals surface area contributed by atoms with Gasteiger partial charge in [0.15, 0.2) is 0 Å². The molecule has 0 aliphatic heterocycles. The molecule has 4 nitrogen and oxygen atoms in total. The number of amides is 2. The van der Waals surface area contributed by atoms with Gasteiger partial charge in [0.05, 0.1) is 12.2 Å². The van der Waals surface area contributed by atoms with E-state index >= 15 is 0 Å². The summed E-state index contributed by atoms with van der Waals surface area (Å²) in [4.78, 5) is 24.4. The minimum absolute atomic E-state index is 0.0820. The van der Waals surface area contributed by atoms with Gasteiger partial charge in [-0.05, 0) is 52.3 Å². The maximum absolute atomic E-state index is 12.8. The number of carbonyl (C=O) groups excluding carboxylic acids is 2. The number of rotatable bonds is 7. The Balaban J connectivity index is 1.66. The molecule has 2 aromatic carbocycles. The Morgan fingerprint density at radius 2 is 1.75 bits per heavy atom. The number of para-hydroxylation sites is 1. The molecule has 0 atom stereocenters. The molecular weight excluding hydrogens is 395 g/mol. The molecule has 2 N–H and O–H groups in total. The van der Waals surface area contributed by atoms with E-state index in [1.54, 1.807) is 18.2 Å². The van der Waals surface area contributed by atoms with E-state index in [-0.39, 0.29) is 30.6 Å². The van der Waals surface area contributed by atoms with Crippen LogP contribution in [0.3, 0.4) is 0 Å². The highest BCUT2D eigenvalue weighted by Crippen LogP contribution is 2.21. The molecule has 0 spiro atoms. The van der Waals surface area contributed by atoms with Crippen molar-refractivity contribution in [1.82, 2.24) is 5.32 Å². The molecule has 0 fully saturated rings. The second kappa shape index (κ2) is 9.44. The van der Waals surface area contributed by atoms with Crippen LogP contribution in [-0.2, 0) is 9.59 Å². The van der Waals surface area contributed by atoms with Gasteiger partial charge in [0.1, 0.15) is 5.82 Å². The molecule has 7 heteroatoms. The highest BCUT2D eigenvalue weighted by molar-refractivity contribution is 9.10. The average Bonchev–Trinajstić information content (AvgIpc) is 2.57. The van der Waals surface area contributed by atoms with Gasteiger partial charge in [0.2, 0.25) is 11.8 Å². The van der Waals surface area contributed by atoms with E-state index in [9.17, 15) is 14.0 Å². The van der Waals surface area contributed by atoms with Crippen molar-refractivity contribution in [1.29, 1.82) is 0 Å². The third-order valence-corrected chi connectivity index (χ3v) is 4.71. The summed E-state index contributed by atoms with van der Waals surface area (Å²) in [5.41, 5.74) is 0.656. The molecular formula is C17H16BrFN2O2S. The molecule has 0 heterocycles. The van der Waals surface area contributed by atoms with Crippen molar-refractivity contribution < 1.29 is 14.0 Å². The summed E-state index contributed by atoms with van der Waals surface area (Å²) in [7, 11) is 0. The molecule has 2 aromatic rings. The number of nitrogens with one attached hydrogen (secondary N) is 2. The normalized spacial score (nSPS) is 10.2. The van der Waals surface area contributed by atoms with E-state index in [0.717, 1.165) is 9.37 Å². The van der Waals surface area contributed by atoms with Crippen molar-refractivity contribution in [3.8, 4) is 0 Å². The van der Waals surface area contributed by atoms with Gasteiger partial charge in [-0.3, -0.25) is 9.59 Å². The van der Waals surface area contributed by atoms with Crippen LogP contribution in [0.25, 0.3) is 0 Å². The third kappa shape index (κ3) is 6.33. The van der Waals surface area contributed by atoms with E-state index in [0.29, 0.717) is 11.4 Å². The number of hydrogen-bond donors (Lipinski definition) is 2. The topological polar surface area (TPSA) is 58.2 Å². The summed E-state index contributed by atoms with van der Waals surface area (Å²) in [5.74, 6) is -0.218. The predicted molar refractivity (Wildman–Crippen MR) is 97.5 cm³/mol. The molecule has 0 radical (unpaired) electrons. The van der Waals surface area contributed by atoms with Gasteiger partial charge in [-0.25, -0.2) is 4.39 Å². The van der Waals surface area contributed by atoms with Crippen LogP contribution in [-0.4, -0.2) is 24.1 Å². The SMILES string of the molecule is O=C(CCSc1ccc(F)cc1)NCC(=O)Nc1ccccc1Br. The fraction of sp³-hybridized carbons (Fsp3) is 0.176. The molecule has 0 saturated heterocycles. The molecule has 0 unspecified atom stereocenters. The van der Waals surface area contributed by atoms with Crippen LogP contribution in [0, 0.1) is 5.82 Å². The number of benzene rings is 2. The Bertz CT molecular complexity index is 710. The first-order chi connectivity index (χ1) is 11.5. The zero-order chi connectivity index (χ0) is 17.4. The van der Waals surface area contributed by atoms with Crippen LogP contribution in [0.4, 0.5) is 10.1 Å². The van der Waals surface area contributed by atoms with E-state index < -0.39 is 0 Å². The molecule has 0 aliphatic rings. The van der Waals surface area contributed by atoms with E-state index in [4.69, 9.17) is 0 Å². The second-order valence-electron chi connectivity index (χ2n) is 4.86. The zero-order valence-electron chi connectivity index (χ0n) is 12.7. The zero-order valence-corrected chi connectivity index (χ0v) is 15.1. The van der Waals surface area contributed by atoms with Crippen LogP contribution in [0.1, 0.15) is 6.42 Å². The Labute approximate surface area is 152 Å². The first-order valence-electron chi connectivity index (χ1n) is 7.24. The van der Waals surface area contributed by atoms with Crippen LogP contribution >= 0.6 is 27.7 Å². The molecule has 2 rings (SSSR count). The summed E-state index contributed by atoms with van der Waals surface area (Å²) in [6.07, 6.45) is 0.282. The maximum atomic E-state index is 12.8. The molecule has 2 amide bonds. The average molecular weight is 411 g/mol. The predicted octanol–water partition coefficient (Wildman–Crippen LogP) is 3.83. The number of halogens is 2. The quantitative estimate of drug-likeness (QED) is 0.681. The van der Waals surface area contributed by atoms with Gasteiger partial charge in [0.25, 0.3) is 0 Å². The lowest BCUT2D eigenvalue weighted by atomic mass is 10.3. The van der Waals surface area contributed by atoms with Crippen molar-refractivity contribution in [2.45, 2.75) is 11.3 Å². The standard InChI is InChI=1S/C17H16BrFN2O2S/c18-14-3-1-2-4-15(14)21-17(23)11-20-16(22)9-10-24-13-7-5-12(19)6-8-13/h1-8H,9-11H2,(H,20,22)(H,21,23). The second-order valence-corrected chi connectivity index (χ2v) is 6.88. The Hall–Kier alpha value is -1.86. The Kier molecular flexibility index (Phi) is 7.27.